The molecule has 8 heteroatoms. The molecule has 138 valence electrons. The van der Waals surface area contributed by atoms with Gasteiger partial charge in [0.05, 0.1) is 11.7 Å². The number of urea groups is 1. The van der Waals surface area contributed by atoms with E-state index in [2.05, 4.69) is 10.4 Å². The van der Waals surface area contributed by atoms with Crippen LogP contribution >= 0.6 is 24.8 Å². The van der Waals surface area contributed by atoms with Crippen LogP contribution in [0.5, 0.6) is 0 Å². The van der Waals surface area contributed by atoms with Crippen molar-refractivity contribution in [2.45, 2.75) is 51.5 Å². The minimum Gasteiger partial charge on any atom is -0.330 e. The van der Waals surface area contributed by atoms with Crippen LogP contribution in [0.2, 0.25) is 0 Å². The molecule has 2 heterocycles. The Bertz CT molecular complexity index is 531. The van der Waals surface area contributed by atoms with E-state index < -0.39 is 0 Å². The molecule has 2 amide bonds. The zero-order chi connectivity index (χ0) is 15.5. The zero-order valence-corrected chi connectivity index (χ0v) is 15.9. The fourth-order valence-electron chi connectivity index (χ4n) is 3.61. The molecule has 1 aromatic heterocycles. The molecule has 1 aromatic rings. The van der Waals surface area contributed by atoms with E-state index in [1.165, 1.54) is 19.3 Å². The van der Waals surface area contributed by atoms with Crippen LogP contribution in [0.4, 0.5) is 10.6 Å². The highest BCUT2D eigenvalue weighted by Crippen LogP contribution is 2.30. The SMILES string of the molecule is Cc1cc(NC(=O)N2CCC(CN)C2)n(C2CCCCC2)n1.Cl.Cl. The predicted octanol–water partition coefficient (Wildman–Crippen LogP) is 3.35. The van der Waals surface area contributed by atoms with Gasteiger partial charge in [0, 0.05) is 19.2 Å². The lowest BCUT2D eigenvalue weighted by Crippen LogP contribution is -2.34. The van der Waals surface area contributed by atoms with Gasteiger partial charge in [-0.05, 0) is 38.6 Å². The van der Waals surface area contributed by atoms with Gasteiger partial charge in [-0.1, -0.05) is 19.3 Å². The molecule has 1 saturated heterocycles. The largest absolute Gasteiger partial charge is 0.330 e. The van der Waals surface area contributed by atoms with Crippen LogP contribution in [-0.4, -0.2) is 40.3 Å². The number of hydrogen-bond acceptors (Lipinski definition) is 3. The van der Waals surface area contributed by atoms with E-state index >= 15 is 0 Å². The number of amides is 2. The molecule has 0 aromatic carbocycles. The second-order valence-corrected chi connectivity index (χ2v) is 6.67. The molecule has 0 bridgehead atoms. The zero-order valence-electron chi connectivity index (χ0n) is 14.2. The molecular weight excluding hydrogens is 349 g/mol. The fourth-order valence-corrected chi connectivity index (χ4v) is 3.61. The predicted molar refractivity (Wildman–Crippen MR) is 101 cm³/mol. The number of rotatable bonds is 3. The number of carbonyl (C=O) groups excluding carboxylic acids is 1. The van der Waals surface area contributed by atoms with Crippen molar-refractivity contribution in [1.82, 2.24) is 14.7 Å². The number of anilines is 1. The molecule has 1 aliphatic heterocycles. The Morgan fingerprint density at radius 3 is 2.62 bits per heavy atom. The lowest BCUT2D eigenvalue weighted by atomic mass is 9.96. The number of carbonyl (C=O) groups is 1. The Hall–Kier alpha value is -0.980. The number of nitrogens with two attached hydrogens (primary N) is 1. The lowest BCUT2D eigenvalue weighted by molar-refractivity contribution is 0.220. The van der Waals surface area contributed by atoms with Gasteiger partial charge in [-0.25, -0.2) is 9.48 Å². The number of aryl methyl sites for hydroxylation is 1. The summed E-state index contributed by atoms with van der Waals surface area (Å²) in [6, 6.07) is 2.38. The summed E-state index contributed by atoms with van der Waals surface area (Å²) in [6.07, 6.45) is 7.13. The molecule has 2 fully saturated rings. The summed E-state index contributed by atoms with van der Waals surface area (Å²) < 4.78 is 2.03. The van der Waals surface area contributed by atoms with Gasteiger partial charge in [0.1, 0.15) is 5.82 Å². The highest BCUT2D eigenvalue weighted by atomic mass is 35.5. The first-order valence-corrected chi connectivity index (χ1v) is 8.49. The third-order valence-electron chi connectivity index (χ3n) is 4.92. The van der Waals surface area contributed by atoms with Crippen molar-refractivity contribution >= 4 is 36.7 Å². The summed E-state index contributed by atoms with van der Waals surface area (Å²) in [6.45, 7) is 4.20. The monoisotopic (exact) mass is 377 g/mol. The molecule has 0 spiro atoms. The number of likely N-dealkylation sites (tertiary alicyclic amines) is 1. The van der Waals surface area contributed by atoms with Crippen LogP contribution < -0.4 is 11.1 Å². The smallest absolute Gasteiger partial charge is 0.323 e. The first kappa shape index (κ1) is 21.1. The molecule has 1 aliphatic carbocycles. The van der Waals surface area contributed by atoms with Crippen LogP contribution in [0, 0.1) is 12.8 Å². The van der Waals surface area contributed by atoms with Crippen molar-refractivity contribution in [2.75, 3.05) is 25.0 Å². The highest BCUT2D eigenvalue weighted by Gasteiger charge is 2.27. The van der Waals surface area contributed by atoms with Crippen LogP contribution in [0.1, 0.15) is 50.3 Å². The summed E-state index contributed by atoms with van der Waals surface area (Å²) in [4.78, 5) is 14.3. The Morgan fingerprint density at radius 2 is 2.00 bits per heavy atom. The van der Waals surface area contributed by atoms with Crippen molar-refractivity contribution in [3.8, 4) is 0 Å². The number of nitrogens with one attached hydrogen (secondary N) is 1. The molecule has 2 aliphatic rings. The summed E-state index contributed by atoms with van der Waals surface area (Å²) in [7, 11) is 0. The summed E-state index contributed by atoms with van der Waals surface area (Å²) in [5, 5.41) is 7.67. The number of hydrogen-bond donors (Lipinski definition) is 2. The third-order valence-corrected chi connectivity index (χ3v) is 4.92. The average molecular weight is 378 g/mol. The normalized spacial score (nSPS) is 21.1. The van der Waals surface area contributed by atoms with Gasteiger partial charge in [-0.2, -0.15) is 5.10 Å². The standard InChI is InChI=1S/C16H27N5O.2ClH/c1-12-9-15(21(19-12)14-5-3-2-4-6-14)18-16(22)20-8-7-13(10-17)11-20;;/h9,13-14H,2-8,10-11,17H2,1H3,(H,18,22);2*1H. The maximum atomic E-state index is 12.5. The van der Waals surface area contributed by atoms with E-state index in [-0.39, 0.29) is 30.8 Å². The van der Waals surface area contributed by atoms with Crippen molar-refractivity contribution in [3.63, 3.8) is 0 Å². The minimum absolute atomic E-state index is 0. The van der Waals surface area contributed by atoms with E-state index in [4.69, 9.17) is 5.73 Å². The second-order valence-electron chi connectivity index (χ2n) is 6.67. The van der Waals surface area contributed by atoms with E-state index in [1.807, 2.05) is 22.6 Å². The van der Waals surface area contributed by atoms with Crippen LogP contribution in [0.3, 0.4) is 0 Å². The maximum absolute atomic E-state index is 12.5. The van der Waals surface area contributed by atoms with Gasteiger partial charge in [-0.3, -0.25) is 5.32 Å². The van der Waals surface area contributed by atoms with Gasteiger partial charge >= 0.3 is 6.03 Å². The average Bonchev–Trinajstić information content (AvgIpc) is 3.15. The van der Waals surface area contributed by atoms with Gasteiger partial charge in [0.15, 0.2) is 0 Å². The molecule has 1 atom stereocenters. The molecule has 3 rings (SSSR count). The van der Waals surface area contributed by atoms with Crippen molar-refractivity contribution in [3.05, 3.63) is 11.8 Å². The lowest BCUT2D eigenvalue weighted by Gasteiger charge is -2.25. The topological polar surface area (TPSA) is 76.2 Å². The summed E-state index contributed by atoms with van der Waals surface area (Å²) >= 11 is 0. The Morgan fingerprint density at radius 1 is 1.29 bits per heavy atom. The van der Waals surface area contributed by atoms with Crippen molar-refractivity contribution in [1.29, 1.82) is 0 Å². The van der Waals surface area contributed by atoms with E-state index in [0.29, 0.717) is 18.5 Å². The first-order valence-electron chi connectivity index (χ1n) is 8.49. The molecule has 1 saturated carbocycles. The minimum atomic E-state index is -0.0205. The third kappa shape index (κ3) is 4.77. The number of nitrogens with zero attached hydrogens (tertiary/aromatic N) is 3. The van der Waals surface area contributed by atoms with E-state index in [9.17, 15) is 4.79 Å². The van der Waals surface area contributed by atoms with Gasteiger partial charge in [0.25, 0.3) is 0 Å². The van der Waals surface area contributed by atoms with E-state index in [1.54, 1.807) is 0 Å². The van der Waals surface area contributed by atoms with Crippen LogP contribution in [-0.2, 0) is 0 Å². The molecule has 6 nitrogen and oxygen atoms in total. The van der Waals surface area contributed by atoms with Gasteiger partial charge in [0.2, 0.25) is 0 Å². The van der Waals surface area contributed by atoms with Gasteiger partial charge < -0.3 is 10.6 Å². The Balaban J connectivity index is 0.00000144. The molecule has 0 radical (unpaired) electrons. The first-order chi connectivity index (χ1) is 10.7. The van der Waals surface area contributed by atoms with Gasteiger partial charge in [-0.15, -0.1) is 24.8 Å². The molecular formula is C16H29Cl2N5O. The van der Waals surface area contributed by atoms with Crippen LogP contribution in [0.15, 0.2) is 6.07 Å². The Kier molecular flexibility index (Phi) is 8.33. The van der Waals surface area contributed by atoms with Crippen LogP contribution in [0.25, 0.3) is 0 Å². The number of aromatic nitrogens is 2. The fraction of sp³-hybridized carbons (Fsp3) is 0.750. The highest BCUT2D eigenvalue weighted by molar-refractivity contribution is 5.88. The molecule has 24 heavy (non-hydrogen) atoms. The quantitative estimate of drug-likeness (QED) is 0.847. The summed E-state index contributed by atoms with van der Waals surface area (Å²) in [5.74, 6) is 1.28. The molecule has 1 unspecified atom stereocenters. The molecule has 3 N–H and O–H groups in total. The Labute approximate surface area is 156 Å². The maximum Gasteiger partial charge on any atom is 0.323 e. The number of halogens is 2. The van der Waals surface area contributed by atoms with Crippen molar-refractivity contribution < 1.29 is 4.79 Å². The second kappa shape index (κ2) is 9.49. The van der Waals surface area contributed by atoms with Crippen molar-refractivity contribution in [2.24, 2.45) is 11.7 Å². The van der Waals surface area contributed by atoms with E-state index in [0.717, 1.165) is 43.9 Å². The summed E-state index contributed by atoms with van der Waals surface area (Å²) in [5.41, 5.74) is 6.66.